The summed E-state index contributed by atoms with van der Waals surface area (Å²) in [6, 6.07) is 0. The van der Waals surface area contributed by atoms with Gasteiger partial charge in [-0.2, -0.15) is 0 Å². The van der Waals surface area contributed by atoms with Gasteiger partial charge in [0.2, 0.25) is 0 Å². The summed E-state index contributed by atoms with van der Waals surface area (Å²) in [5, 5.41) is 6.31. The first kappa shape index (κ1) is 18.2. The molecule has 0 aliphatic heterocycles. The Balaban J connectivity index is 3.97. The molecular formula is C15H32N2O2. The van der Waals surface area contributed by atoms with Crippen LogP contribution in [0.2, 0.25) is 0 Å². The van der Waals surface area contributed by atoms with E-state index in [-0.39, 0.29) is 6.09 Å². The fourth-order valence-electron chi connectivity index (χ4n) is 1.66. The van der Waals surface area contributed by atoms with Crippen molar-refractivity contribution in [3.63, 3.8) is 0 Å². The fraction of sp³-hybridized carbons (Fsp3) is 0.933. The molecule has 0 spiro atoms. The quantitative estimate of drug-likeness (QED) is 0.667. The Morgan fingerprint density at radius 1 is 1.21 bits per heavy atom. The van der Waals surface area contributed by atoms with Crippen LogP contribution >= 0.6 is 0 Å². The van der Waals surface area contributed by atoms with Crippen LogP contribution < -0.4 is 10.6 Å². The Morgan fingerprint density at radius 3 is 2.32 bits per heavy atom. The summed E-state index contributed by atoms with van der Waals surface area (Å²) in [7, 11) is 0. The van der Waals surface area contributed by atoms with Crippen LogP contribution in [0, 0.1) is 11.8 Å². The average molecular weight is 272 g/mol. The molecule has 0 saturated carbocycles. The van der Waals surface area contributed by atoms with Crippen LogP contribution in [0.4, 0.5) is 4.79 Å². The van der Waals surface area contributed by atoms with Crippen molar-refractivity contribution in [1.82, 2.24) is 10.6 Å². The van der Waals surface area contributed by atoms with Gasteiger partial charge < -0.3 is 15.4 Å². The van der Waals surface area contributed by atoms with E-state index >= 15 is 0 Å². The van der Waals surface area contributed by atoms with Crippen LogP contribution in [0.5, 0.6) is 0 Å². The first-order chi connectivity index (χ1) is 8.76. The highest BCUT2D eigenvalue weighted by atomic mass is 16.6. The maximum absolute atomic E-state index is 11.6. The minimum absolute atomic E-state index is 0.327. The van der Waals surface area contributed by atoms with E-state index in [0.717, 1.165) is 13.1 Å². The number of hydrogen-bond donors (Lipinski definition) is 2. The van der Waals surface area contributed by atoms with E-state index in [1.807, 2.05) is 20.8 Å². The molecule has 1 amide bonds. The molecular weight excluding hydrogens is 240 g/mol. The molecule has 4 heteroatoms. The Morgan fingerprint density at radius 2 is 1.84 bits per heavy atom. The van der Waals surface area contributed by atoms with Gasteiger partial charge in [0.15, 0.2) is 0 Å². The lowest BCUT2D eigenvalue weighted by atomic mass is 9.96. The smallest absolute Gasteiger partial charge is 0.407 e. The fourth-order valence-corrected chi connectivity index (χ4v) is 1.66. The van der Waals surface area contributed by atoms with Crippen LogP contribution in [0.1, 0.15) is 54.4 Å². The third-order valence-corrected chi connectivity index (χ3v) is 2.96. The molecule has 2 N–H and O–H groups in total. The third-order valence-electron chi connectivity index (χ3n) is 2.96. The highest BCUT2D eigenvalue weighted by molar-refractivity contribution is 5.67. The maximum Gasteiger partial charge on any atom is 0.407 e. The van der Waals surface area contributed by atoms with Gasteiger partial charge in [0.05, 0.1) is 0 Å². The number of carbonyl (C=O) groups excluding carboxylic acids is 1. The lowest BCUT2D eigenvalue weighted by molar-refractivity contribution is 0.0515. The largest absolute Gasteiger partial charge is 0.444 e. The van der Waals surface area contributed by atoms with E-state index in [2.05, 4.69) is 31.4 Å². The molecule has 0 rings (SSSR count). The Labute approximate surface area is 118 Å². The molecule has 0 fully saturated rings. The molecule has 0 radical (unpaired) electrons. The summed E-state index contributed by atoms with van der Waals surface area (Å²) in [5.74, 6) is 0.966. The normalized spacial score (nSPS) is 13.4. The lowest BCUT2D eigenvalue weighted by Gasteiger charge is -2.24. The Kier molecular flexibility index (Phi) is 8.81. The van der Waals surface area contributed by atoms with Crippen molar-refractivity contribution in [1.29, 1.82) is 0 Å². The van der Waals surface area contributed by atoms with E-state index in [4.69, 9.17) is 4.74 Å². The summed E-state index contributed by atoms with van der Waals surface area (Å²) in [6.07, 6.45) is 2.08. The monoisotopic (exact) mass is 272 g/mol. The highest BCUT2D eigenvalue weighted by Crippen LogP contribution is 2.10. The zero-order valence-corrected chi connectivity index (χ0v) is 13.5. The van der Waals surface area contributed by atoms with Crippen molar-refractivity contribution >= 4 is 6.09 Å². The topological polar surface area (TPSA) is 50.4 Å². The third kappa shape index (κ3) is 10.8. The van der Waals surface area contributed by atoms with E-state index in [1.165, 1.54) is 12.8 Å². The van der Waals surface area contributed by atoms with Crippen LogP contribution in [0.25, 0.3) is 0 Å². The average Bonchev–Trinajstić information content (AvgIpc) is 2.25. The number of carbonyl (C=O) groups is 1. The maximum atomic E-state index is 11.6. The number of amides is 1. The van der Waals surface area contributed by atoms with Crippen molar-refractivity contribution in [2.45, 2.75) is 60.0 Å². The zero-order chi connectivity index (χ0) is 14.9. The van der Waals surface area contributed by atoms with Gasteiger partial charge in [-0.1, -0.05) is 27.2 Å². The molecule has 0 aromatic rings. The Hall–Kier alpha value is -0.770. The molecule has 1 unspecified atom stereocenters. The van der Waals surface area contributed by atoms with Gasteiger partial charge in [0, 0.05) is 6.54 Å². The van der Waals surface area contributed by atoms with Crippen molar-refractivity contribution in [2.24, 2.45) is 11.8 Å². The van der Waals surface area contributed by atoms with Crippen LogP contribution in [0.15, 0.2) is 0 Å². The molecule has 4 nitrogen and oxygen atoms in total. The molecule has 0 heterocycles. The van der Waals surface area contributed by atoms with Gasteiger partial charge in [0.1, 0.15) is 5.60 Å². The van der Waals surface area contributed by atoms with Crippen LogP contribution in [0.3, 0.4) is 0 Å². The van der Waals surface area contributed by atoms with Gasteiger partial charge in [-0.25, -0.2) is 4.79 Å². The minimum Gasteiger partial charge on any atom is -0.444 e. The highest BCUT2D eigenvalue weighted by Gasteiger charge is 2.18. The SMILES string of the molecule is CCCCNCC(CNC(=O)OC(C)(C)C)C(C)C. The van der Waals surface area contributed by atoms with Crippen LogP contribution in [-0.2, 0) is 4.74 Å². The van der Waals surface area contributed by atoms with Gasteiger partial charge in [-0.05, 0) is 52.1 Å². The second-order valence-corrected chi connectivity index (χ2v) is 6.44. The molecule has 19 heavy (non-hydrogen) atoms. The Bertz CT molecular complexity index is 247. The van der Waals surface area contributed by atoms with Gasteiger partial charge in [-0.15, -0.1) is 0 Å². The van der Waals surface area contributed by atoms with Gasteiger partial charge in [0.25, 0.3) is 0 Å². The number of hydrogen-bond acceptors (Lipinski definition) is 3. The summed E-state index contributed by atoms with van der Waals surface area (Å²) < 4.78 is 5.24. The minimum atomic E-state index is -0.434. The molecule has 0 aromatic carbocycles. The second kappa shape index (κ2) is 9.18. The first-order valence-corrected chi connectivity index (χ1v) is 7.43. The molecule has 0 aliphatic carbocycles. The standard InChI is InChI=1S/C15H32N2O2/c1-7-8-9-16-10-13(12(2)3)11-17-14(18)19-15(4,5)6/h12-13,16H,7-11H2,1-6H3,(H,17,18). The van der Waals surface area contributed by atoms with E-state index in [9.17, 15) is 4.79 Å². The van der Waals surface area contributed by atoms with E-state index in [1.54, 1.807) is 0 Å². The van der Waals surface area contributed by atoms with E-state index in [0.29, 0.717) is 18.4 Å². The predicted molar refractivity (Wildman–Crippen MR) is 80.3 cm³/mol. The van der Waals surface area contributed by atoms with Crippen LogP contribution in [-0.4, -0.2) is 31.3 Å². The zero-order valence-electron chi connectivity index (χ0n) is 13.5. The summed E-state index contributed by atoms with van der Waals surface area (Å²) in [5.41, 5.74) is -0.434. The number of unbranched alkanes of at least 4 members (excludes halogenated alkanes) is 1. The predicted octanol–water partition coefficient (Wildman–Crippen LogP) is 3.17. The van der Waals surface area contributed by atoms with Crippen molar-refractivity contribution < 1.29 is 9.53 Å². The molecule has 114 valence electrons. The number of rotatable bonds is 8. The van der Waals surface area contributed by atoms with Crippen molar-refractivity contribution in [2.75, 3.05) is 19.6 Å². The van der Waals surface area contributed by atoms with E-state index < -0.39 is 5.60 Å². The summed E-state index contributed by atoms with van der Waals surface area (Å²) in [4.78, 5) is 11.6. The first-order valence-electron chi connectivity index (χ1n) is 7.43. The number of alkyl carbamates (subject to hydrolysis) is 1. The molecule has 1 atom stereocenters. The number of nitrogens with one attached hydrogen (secondary N) is 2. The lowest BCUT2D eigenvalue weighted by Crippen LogP contribution is -2.39. The molecule has 0 aromatic heterocycles. The van der Waals surface area contributed by atoms with Crippen molar-refractivity contribution in [3.05, 3.63) is 0 Å². The number of ether oxygens (including phenoxy) is 1. The second-order valence-electron chi connectivity index (χ2n) is 6.44. The van der Waals surface area contributed by atoms with Crippen molar-refractivity contribution in [3.8, 4) is 0 Å². The summed E-state index contributed by atoms with van der Waals surface area (Å²) >= 11 is 0. The molecule has 0 aliphatic rings. The van der Waals surface area contributed by atoms with Gasteiger partial charge >= 0.3 is 6.09 Å². The van der Waals surface area contributed by atoms with Gasteiger partial charge in [-0.3, -0.25) is 0 Å². The summed E-state index contributed by atoms with van der Waals surface area (Å²) in [6.45, 7) is 14.8. The molecule has 0 bridgehead atoms. The molecule has 0 saturated heterocycles.